The van der Waals surface area contributed by atoms with Crippen LogP contribution < -0.4 is 10.6 Å². The van der Waals surface area contributed by atoms with Gasteiger partial charge in [0.15, 0.2) is 0 Å². The highest BCUT2D eigenvalue weighted by atomic mass is 16.6. The molecule has 6 heteroatoms. The van der Waals surface area contributed by atoms with E-state index in [0.717, 1.165) is 12.8 Å². The van der Waals surface area contributed by atoms with Crippen LogP contribution in [0.25, 0.3) is 0 Å². The molecule has 2 rings (SSSR count). The summed E-state index contributed by atoms with van der Waals surface area (Å²) in [5.74, 6) is -0.0802. The number of nitro benzene ring substituents is 1. The second-order valence-corrected chi connectivity index (χ2v) is 4.40. The van der Waals surface area contributed by atoms with Crippen LogP contribution in [-0.4, -0.2) is 23.4 Å². The lowest BCUT2D eigenvalue weighted by Crippen LogP contribution is -2.31. The SMILES string of the molecule is Cc1c(NCC(=O)NC2CC2)cccc1[N+](=O)[O-]. The van der Waals surface area contributed by atoms with Crippen LogP contribution in [0.4, 0.5) is 11.4 Å². The number of nitro groups is 1. The van der Waals surface area contributed by atoms with E-state index >= 15 is 0 Å². The van der Waals surface area contributed by atoms with Crippen LogP contribution in [0.5, 0.6) is 0 Å². The van der Waals surface area contributed by atoms with Gasteiger partial charge in [0.05, 0.1) is 11.5 Å². The van der Waals surface area contributed by atoms with E-state index in [2.05, 4.69) is 10.6 Å². The zero-order valence-corrected chi connectivity index (χ0v) is 10.1. The zero-order chi connectivity index (χ0) is 13.1. The molecular formula is C12H15N3O3. The first-order valence-electron chi connectivity index (χ1n) is 5.85. The molecule has 0 spiro atoms. The molecule has 0 radical (unpaired) electrons. The van der Waals surface area contributed by atoms with Crippen LogP contribution >= 0.6 is 0 Å². The fourth-order valence-electron chi connectivity index (χ4n) is 1.69. The molecule has 0 bridgehead atoms. The lowest BCUT2D eigenvalue weighted by Gasteiger charge is -2.09. The van der Waals surface area contributed by atoms with Crippen LogP contribution in [0.2, 0.25) is 0 Å². The number of nitrogens with one attached hydrogen (secondary N) is 2. The average molecular weight is 249 g/mol. The predicted molar refractivity (Wildman–Crippen MR) is 67.5 cm³/mol. The molecule has 0 unspecified atom stereocenters. The number of benzene rings is 1. The van der Waals surface area contributed by atoms with Crippen molar-refractivity contribution in [3.63, 3.8) is 0 Å². The summed E-state index contributed by atoms with van der Waals surface area (Å²) in [6, 6.07) is 5.11. The van der Waals surface area contributed by atoms with Gasteiger partial charge in [-0.05, 0) is 25.8 Å². The largest absolute Gasteiger partial charge is 0.376 e. The third-order valence-electron chi connectivity index (χ3n) is 2.88. The van der Waals surface area contributed by atoms with Gasteiger partial charge in [0.1, 0.15) is 0 Å². The van der Waals surface area contributed by atoms with Gasteiger partial charge in [0.25, 0.3) is 5.69 Å². The number of amides is 1. The van der Waals surface area contributed by atoms with Gasteiger partial charge in [-0.3, -0.25) is 14.9 Å². The molecule has 0 aliphatic heterocycles. The molecule has 0 aromatic heterocycles. The number of hydrogen-bond acceptors (Lipinski definition) is 4. The lowest BCUT2D eigenvalue weighted by atomic mass is 10.1. The normalized spacial score (nSPS) is 14.1. The number of hydrogen-bond donors (Lipinski definition) is 2. The van der Waals surface area contributed by atoms with Crippen LogP contribution in [0, 0.1) is 17.0 Å². The first-order chi connectivity index (χ1) is 8.58. The van der Waals surface area contributed by atoms with E-state index in [1.54, 1.807) is 19.1 Å². The second-order valence-electron chi connectivity index (χ2n) is 4.40. The van der Waals surface area contributed by atoms with Gasteiger partial charge in [-0.25, -0.2) is 0 Å². The van der Waals surface area contributed by atoms with Gasteiger partial charge < -0.3 is 10.6 Å². The second kappa shape index (κ2) is 5.03. The van der Waals surface area contributed by atoms with Crippen LogP contribution in [0.15, 0.2) is 18.2 Å². The maximum atomic E-state index is 11.5. The third kappa shape index (κ3) is 2.97. The van der Waals surface area contributed by atoms with E-state index in [4.69, 9.17) is 0 Å². The predicted octanol–water partition coefficient (Wildman–Crippen LogP) is 1.59. The highest BCUT2D eigenvalue weighted by Gasteiger charge is 2.23. The van der Waals surface area contributed by atoms with Crippen molar-refractivity contribution in [1.29, 1.82) is 0 Å². The molecule has 1 aliphatic rings. The summed E-state index contributed by atoms with van der Waals surface area (Å²) in [6.07, 6.45) is 2.09. The van der Waals surface area contributed by atoms with Crippen molar-refractivity contribution in [2.45, 2.75) is 25.8 Å². The first kappa shape index (κ1) is 12.3. The molecule has 6 nitrogen and oxygen atoms in total. The Morgan fingerprint density at radius 1 is 1.50 bits per heavy atom. The topological polar surface area (TPSA) is 84.3 Å². The Morgan fingerprint density at radius 2 is 2.22 bits per heavy atom. The van der Waals surface area contributed by atoms with Crippen molar-refractivity contribution in [2.24, 2.45) is 0 Å². The van der Waals surface area contributed by atoms with Gasteiger partial charge in [-0.2, -0.15) is 0 Å². The van der Waals surface area contributed by atoms with Crippen molar-refractivity contribution in [1.82, 2.24) is 5.32 Å². The van der Waals surface area contributed by atoms with Crippen molar-refractivity contribution >= 4 is 17.3 Å². The van der Waals surface area contributed by atoms with Crippen molar-refractivity contribution < 1.29 is 9.72 Å². The Hall–Kier alpha value is -2.11. The Labute approximate surface area is 105 Å². The number of nitrogens with zero attached hydrogens (tertiary/aromatic N) is 1. The molecule has 1 aromatic rings. The van der Waals surface area contributed by atoms with Gasteiger partial charge in [0, 0.05) is 23.4 Å². The highest BCUT2D eigenvalue weighted by Crippen LogP contribution is 2.24. The van der Waals surface area contributed by atoms with Gasteiger partial charge >= 0.3 is 0 Å². The summed E-state index contributed by atoms with van der Waals surface area (Å²) in [5, 5.41) is 16.5. The molecule has 1 saturated carbocycles. The van der Waals surface area contributed by atoms with E-state index in [9.17, 15) is 14.9 Å². The van der Waals surface area contributed by atoms with E-state index in [1.165, 1.54) is 6.07 Å². The number of anilines is 1. The molecule has 0 saturated heterocycles. The summed E-state index contributed by atoms with van der Waals surface area (Å²) >= 11 is 0. The average Bonchev–Trinajstić information content (AvgIpc) is 3.11. The zero-order valence-electron chi connectivity index (χ0n) is 10.1. The van der Waals surface area contributed by atoms with Gasteiger partial charge in [-0.1, -0.05) is 6.07 Å². The standard InChI is InChI=1S/C12H15N3O3/c1-8-10(3-2-4-11(8)15(17)18)13-7-12(16)14-9-5-6-9/h2-4,9,13H,5-7H2,1H3,(H,14,16). The first-order valence-corrected chi connectivity index (χ1v) is 5.85. The van der Waals surface area contributed by atoms with Crippen LogP contribution in [0.3, 0.4) is 0 Å². The van der Waals surface area contributed by atoms with E-state index < -0.39 is 4.92 Å². The number of carbonyl (C=O) groups excluding carboxylic acids is 1. The molecule has 1 aromatic carbocycles. The van der Waals surface area contributed by atoms with Crippen LogP contribution in [-0.2, 0) is 4.79 Å². The maximum absolute atomic E-state index is 11.5. The Morgan fingerprint density at radius 3 is 2.83 bits per heavy atom. The van der Waals surface area contributed by atoms with Crippen molar-refractivity contribution in [3.8, 4) is 0 Å². The number of rotatable bonds is 5. The molecular weight excluding hydrogens is 234 g/mol. The molecule has 0 heterocycles. The monoisotopic (exact) mass is 249 g/mol. The number of carbonyl (C=O) groups is 1. The minimum atomic E-state index is -0.426. The van der Waals surface area contributed by atoms with Crippen molar-refractivity contribution in [3.05, 3.63) is 33.9 Å². The molecule has 1 fully saturated rings. The summed E-state index contributed by atoms with van der Waals surface area (Å²) < 4.78 is 0. The maximum Gasteiger partial charge on any atom is 0.274 e. The highest BCUT2D eigenvalue weighted by molar-refractivity contribution is 5.81. The Balaban J connectivity index is 1.97. The minimum absolute atomic E-state index is 0.0580. The molecule has 18 heavy (non-hydrogen) atoms. The fraction of sp³-hybridized carbons (Fsp3) is 0.417. The van der Waals surface area contributed by atoms with E-state index in [-0.39, 0.29) is 18.1 Å². The summed E-state index contributed by atoms with van der Waals surface area (Å²) in [5.41, 5.74) is 1.22. The van der Waals surface area contributed by atoms with E-state index in [0.29, 0.717) is 17.3 Å². The molecule has 1 amide bonds. The Kier molecular flexibility index (Phi) is 3.45. The molecule has 1 aliphatic carbocycles. The quantitative estimate of drug-likeness (QED) is 0.613. The summed E-state index contributed by atoms with van der Waals surface area (Å²) in [4.78, 5) is 21.8. The Bertz CT molecular complexity index is 483. The summed E-state index contributed by atoms with van der Waals surface area (Å²) in [7, 11) is 0. The molecule has 0 atom stereocenters. The van der Waals surface area contributed by atoms with Gasteiger partial charge in [0.2, 0.25) is 5.91 Å². The minimum Gasteiger partial charge on any atom is -0.376 e. The third-order valence-corrected chi connectivity index (χ3v) is 2.88. The molecule has 96 valence electrons. The van der Waals surface area contributed by atoms with Crippen molar-refractivity contribution in [2.75, 3.05) is 11.9 Å². The van der Waals surface area contributed by atoms with Crippen LogP contribution in [0.1, 0.15) is 18.4 Å². The van der Waals surface area contributed by atoms with Gasteiger partial charge in [-0.15, -0.1) is 0 Å². The lowest BCUT2D eigenvalue weighted by molar-refractivity contribution is -0.385. The smallest absolute Gasteiger partial charge is 0.274 e. The molecule has 2 N–H and O–H groups in total. The van der Waals surface area contributed by atoms with E-state index in [1.807, 2.05) is 0 Å². The summed E-state index contributed by atoms with van der Waals surface area (Å²) in [6.45, 7) is 1.80. The fourth-order valence-corrected chi connectivity index (χ4v) is 1.69.